The van der Waals surface area contributed by atoms with Crippen LogP contribution in [0.4, 0.5) is 0 Å². The average molecular weight is 430 g/mol. The molecule has 1 spiro atoms. The number of primary amides is 1. The average Bonchev–Trinajstić information content (AvgIpc) is 2.98. The number of nitrogens with two attached hydrogens (primary N) is 1. The molecule has 1 heterocycles. The number of carbonyl (C=O) groups excluding carboxylic acids is 1. The first-order valence-corrected chi connectivity index (χ1v) is 11.7. The molecule has 1 aromatic carbocycles. The monoisotopic (exact) mass is 429 g/mol. The van der Waals surface area contributed by atoms with E-state index in [-0.39, 0.29) is 29.4 Å². The predicted octanol–water partition coefficient (Wildman–Crippen LogP) is 2.71. The summed E-state index contributed by atoms with van der Waals surface area (Å²) in [5.41, 5.74) is 5.62. The van der Waals surface area contributed by atoms with E-state index in [0.717, 1.165) is 56.2 Å². The third kappa shape index (κ3) is 3.98. The maximum Gasteiger partial charge on any atom is 0.237 e. The molecule has 2 saturated carbocycles. The normalized spacial score (nSPS) is 32.5. The van der Waals surface area contributed by atoms with Gasteiger partial charge in [0.25, 0.3) is 0 Å². The second-order valence-corrected chi connectivity index (χ2v) is 10.3. The molecule has 1 amide bonds. The topological polar surface area (TPSA) is 89.9 Å². The first-order valence-electron chi connectivity index (χ1n) is 11.7. The number of hydrogen-bond donors (Lipinski definition) is 2. The number of amides is 1. The molecule has 0 unspecified atom stereocenters. The van der Waals surface area contributed by atoms with E-state index in [9.17, 15) is 14.8 Å². The molecule has 1 saturated heterocycles. The standard InChI is InChI=1S/C24H36N4O3/c1-26(2)24(19-7-4-3-5-8-19)15-13-22(14-16-24)17-20(9-10-21(25)29)28(31)27(22)18-23(30)11-6-12-23/h3-5,7-8,20,30H,6,9-18H2,1-2H3,(H-,25,29)/p+1/t20-,22?,24?/m1/s1. The van der Waals surface area contributed by atoms with Crippen molar-refractivity contribution >= 4 is 5.91 Å². The summed E-state index contributed by atoms with van der Waals surface area (Å²) in [6.07, 6.45) is 7.65. The number of carbonyl (C=O) groups is 1. The highest BCUT2D eigenvalue weighted by molar-refractivity contribution is 5.73. The van der Waals surface area contributed by atoms with Crippen molar-refractivity contribution in [2.75, 3.05) is 20.6 Å². The van der Waals surface area contributed by atoms with Crippen molar-refractivity contribution in [2.24, 2.45) is 5.73 Å². The van der Waals surface area contributed by atoms with E-state index in [1.54, 1.807) is 0 Å². The first kappa shape index (κ1) is 22.2. The Hall–Kier alpha value is -1.99. The lowest BCUT2D eigenvalue weighted by Gasteiger charge is -2.50. The SMILES string of the molecule is CN(C)C1(c2ccccc2)CCC2(CC1)C[C@@H](CCC(N)=O)[N+](=O)N2CC1(O)CCC1. The van der Waals surface area contributed by atoms with Crippen LogP contribution in [0.25, 0.3) is 0 Å². The largest absolute Gasteiger partial charge is 0.388 e. The molecule has 3 N–H and O–H groups in total. The lowest BCUT2D eigenvalue weighted by atomic mass is 9.66. The fraction of sp³-hybridized carbons (Fsp3) is 0.708. The van der Waals surface area contributed by atoms with E-state index in [1.165, 1.54) is 5.56 Å². The second-order valence-electron chi connectivity index (χ2n) is 10.3. The Balaban J connectivity index is 1.59. The summed E-state index contributed by atoms with van der Waals surface area (Å²) in [6, 6.07) is 10.4. The zero-order valence-corrected chi connectivity index (χ0v) is 18.9. The highest BCUT2D eigenvalue weighted by Gasteiger charge is 2.62. The third-order valence-corrected chi connectivity index (χ3v) is 8.34. The molecule has 2 aliphatic carbocycles. The quantitative estimate of drug-likeness (QED) is 0.651. The fourth-order valence-corrected chi connectivity index (χ4v) is 6.14. The number of nitroso groups, excluding NO2 is 1. The Labute approximate surface area is 185 Å². The molecule has 31 heavy (non-hydrogen) atoms. The highest BCUT2D eigenvalue weighted by Crippen LogP contribution is 2.52. The van der Waals surface area contributed by atoms with Crippen LogP contribution >= 0.6 is 0 Å². The van der Waals surface area contributed by atoms with Crippen LogP contribution in [0.5, 0.6) is 0 Å². The summed E-state index contributed by atoms with van der Waals surface area (Å²) in [5.74, 6) is -0.363. The molecule has 1 aromatic rings. The predicted molar refractivity (Wildman–Crippen MR) is 119 cm³/mol. The number of hydrogen-bond acceptors (Lipinski definition) is 4. The van der Waals surface area contributed by atoms with Crippen molar-refractivity contribution in [3.05, 3.63) is 40.8 Å². The van der Waals surface area contributed by atoms with Gasteiger partial charge in [-0.05, 0) is 64.6 Å². The number of rotatable bonds is 7. The van der Waals surface area contributed by atoms with Gasteiger partial charge >= 0.3 is 0 Å². The minimum Gasteiger partial charge on any atom is -0.388 e. The second kappa shape index (κ2) is 8.17. The van der Waals surface area contributed by atoms with Crippen molar-refractivity contribution in [3.63, 3.8) is 0 Å². The van der Waals surface area contributed by atoms with Gasteiger partial charge in [-0.2, -0.15) is 0 Å². The van der Waals surface area contributed by atoms with Crippen LogP contribution in [0.2, 0.25) is 0 Å². The zero-order valence-electron chi connectivity index (χ0n) is 18.9. The number of hydrazine groups is 1. The summed E-state index contributed by atoms with van der Waals surface area (Å²) >= 11 is 0. The van der Waals surface area contributed by atoms with Crippen LogP contribution in [0.1, 0.15) is 69.8 Å². The summed E-state index contributed by atoms with van der Waals surface area (Å²) in [5, 5.41) is 12.8. The smallest absolute Gasteiger partial charge is 0.237 e. The van der Waals surface area contributed by atoms with Crippen molar-refractivity contribution in [1.29, 1.82) is 0 Å². The van der Waals surface area contributed by atoms with E-state index >= 15 is 0 Å². The number of benzene rings is 1. The Morgan fingerprint density at radius 2 is 1.81 bits per heavy atom. The molecule has 1 atom stereocenters. The summed E-state index contributed by atoms with van der Waals surface area (Å²) in [7, 11) is 4.29. The summed E-state index contributed by atoms with van der Waals surface area (Å²) < 4.78 is 0. The van der Waals surface area contributed by atoms with E-state index < -0.39 is 5.60 Å². The zero-order chi connectivity index (χ0) is 22.3. The van der Waals surface area contributed by atoms with E-state index in [4.69, 9.17) is 5.73 Å². The van der Waals surface area contributed by atoms with Crippen LogP contribution < -0.4 is 5.73 Å². The number of β-amino-alcohol motifs (C(OH)–C–C–N with tert-alkyl or cyclic N) is 1. The van der Waals surface area contributed by atoms with Gasteiger partial charge in [0.1, 0.15) is 17.0 Å². The summed E-state index contributed by atoms with van der Waals surface area (Å²) in [6.45, 7) is 0.393. The molecule has 1 aliphatic heterocycles. The molecule has 170 valence electrons. The van der Waals surface area contributed by atoms with Gasteiger partial charge in [-0.15, -0.1) is 5.01 Å². The van der Waals surface area contributed by atoms with Gasteiger partial charge < -0.3 is 10.8 Å². The Bertz CT molecular complexity index is 813. The van der Waals surface area contributed by atoms with Crippen LogP contribution in [0.15, 0.2) is 30.3 Å². The molecular weight excluding hydrogens is 392 g/mol. The van der Waals surface area contributed by atoms with Crippen molar-refractivity contribution < 1.29 is 14.8 Å². The van der Waals surface area contributed by atoms with Gasteiger partial charge in [-0.1, -0.05) is 30.3 Å². The van der Waals surface area contributed by atoms with Gasteiger partial charge in [-0.3, -0.25) is 9.69 Å². The molecule has 3 aliphatic rings. The Morgan fingerprint density at radius 3 is 2.32 bits per heavy atom. The maximum atomic E-state index is 13.3. The minimum absolute atomic E-state index is 0.0510. The van der Waals surface area contributed by atoms with Crippen LogP contribution in [-0.2, 0) is 10.3 Å². The number of aliphatic hydroxyl groups is 1. The molecule has 4 rings (SSSR count). The van der Waals surface area contributed by atoms with Gasteiger partial charge in [-0.25, -0.2) is 0 Å². The van der Waals surface area contributed by atoms with Gasteiger partial charge in [0.15, 0.2) is 0 Å². The third-order valence-electron chi connectivity index (χ3n) is 8.34. The lowest BCUT2D eigenvalue weighted by Crippen LogP contribution is -2.59. The van der Waals surface area contributed by atoms with E-state index in [0.29, 0.717) is 13.0 Å². The van der Waals surface area contributed by atoms with Crippen LogP contribution in [0.3, 0.4) is 0 Å². The molecule has 0 bridgehead atoms. The first-order chi connectivity index (χ1) is 14.7. The van der Waals surface area contributed by atoms with Gasteiger partial charge in [0.2, 0.25) is 11.9 Å². The van der Waals surface area contributed by atoms with E-state index in [1.807, 2.05) is 11.1 Å². The van der Waals surface area contributed by atoms with E-state index in [2.05, 4.69) is 43.3 Å². The molecule has 3 fully saturated rings. The fourth-order valence-electron chi connectivity index (χ4n) is 6.14. The minimum atomic E-state index is -0.760. The van der Waals surface area contributed by atoms with Crippen molar-refractivity contribution in [2.45, 2.75) is 86.9 Å². The molecule has 7 heteroatoms. The number of nitrogens with zero attached hydrogens (tertiary/aromatic N) is 3. The Kier molecular flexibility index (Phi) is 5.85. The molecule has 7 nitrogen and oxygen atoms in total. The highest BCUT2D eigenvalue weighted by atomic mass is 16.3. The summed E-state index contributed by atoms with van der Waals surface area (Å²) in [4.78, 5) is 28.1. The molecule has 0 radical (unpaired) electrons. The van der Waals surface area contributed by atoms with Gasteiger partial charge in [0.05, 0.1) is 10.5 Å². The van der Waals surface area contributed by atoms with Crippen molar-refractivity contribution in [3.8, 4) is 0 Å². The lowest BCUT2D eigenvalue weighted by molar-refractivity contribution is -0.725. The van der Waals surface area contributed by atoms with Crippen LogP contribution in [0, 0.1) is 4.91 Å². The molecular formula is C24H37N4O3+. The van der Waals surface area contributed by atoms with Gasteiger partial charge in [0, 0.05) is 24.8 Å². The van der Waals surface area contributed by atoms with Crippen molar-refractivity contribution in [1.82, 2.24) is 9.91 Å². The van der Waals surface area contributed by atoms with Crippen LogP contribution in [-0.4, -0.2) is 63.6 Å². The Morgan fingerprint density at radius 1 is 1.16 bits per heavy atom. The maximum absolute atomic E-state index is 13.3. The molecule has 0 aromatic heterocycles.